The van der Waals surface area contributed by atoms with Gasteiger partial charge >= 0.3 is 5.97 Å². The van der Waals surface area contributed by atoms with Crippen LogP contribution in [-0.2, 0) is 9.59 Å². The van der Waals surface area contributed by atoms with Crippen molar-refractivity contribution in [2.24, 2.45) is 0 Å². The number of amides is 1. The number of fused-ring (bicyclic) bond motifs is 1. The quantitative estimate of drug-likeness (QED) is 0.751. The van der Waals surface area contributed by atoms with Crippen LogP contribution in [0.25, 0.3) is 0 Å². The average Bonchev–Trinajstić information content (AvgIpc) is 2.26. The van der Waals surface area contributed by atoms with E-state index in [2.05, 4.69) is 10.3 Å². The first kappa shape index (κ1) is 10.4. The molecule has 1 unspecified atom stereocenters. The number of rotatable bonds is 2. The molecule has 1 amide bonds. The Morgan fingerprint density at radius 2 is 2.44 bits per heavy atom. The van der Waals surface area contributed by atoms with Gasteiger partial charge in [0.2, 0.25) is 5.91 Å². The number of nitrogens with one attached hydrogen (secondary N) is 1. The fraction of sp³-hybridized carbons (Fsp3) is 0.300. The molecular formula is C10H11N3O3. The van der Waals surface area contributed by atoms with Crippen molar-refractivity contribution in [3.05, 3.63) is 18.5 Å². The Hall–Kier alpha value is -2.11. The highest BCUT2D eigenvalue weighted by molar-refractivity contribution is 6.02. The van der Waals surface area contributed by atoms with Crippen molar-refractivity contribution in [3.63, 3.8) is 0 Å². The Labute approximate surface area is 91.9 Å². The minimum atomic E-state index is -0.961. The summed E-state index contributed by atoms with van der Waals surface area (Å²) in [4.78, 5) is 27.7. The summed E-state index contributed by atoms with van der Waals surface area (Å²) in [6.07, 6.45) is 3.08. The summed E-state index contributed by atoms with van der Waals surface area (Å²) in [7, 11) is 0. The van der Waals surface area contributed by atoms with Crippen LogP contribution in [0.1, 0.15) is 6.92 Å². The van der Waals surface area contributed by atoms with Crippen LogP contribution in [0.15, 0.2) is 18.5 Å². The molecule has 0 fully saturated rings. The van der Waals surface area contributed by atoms with E-state index in [1.807, 2.05) is 0 Å². The number of carbonyl (C=O) groups excluding carboxylic acids is 1. The van der Waals surface area contributed by atoms with Gasteiger partial charge in [0.05, 0.1) is 24.1 Å². The number of anilines is 2. The standard InChI is InChI=1S/C10H11N3O3/c1-6(10(15)16)13-5-9(14)12-7-4-11-3-2-8(7)13/h2-4,6H,5H2,1H3,(H,12,14)(H,15,16). The minimum absolute atomic E-state index is 0.0461. The Morgan fingerprint density at radius 3 is 3.12 bits per heavy atom. The molecule has 0 aliphatic carbocycles. The lowest BCUT2D eigenvalue weighted by Gasteiger charge is -2.33. The van der Waals surface area contributed by atoms with Gasteiger partial charge in [0, 0.05) is 6.20 Å². The summed E-state index contributed by atoms with van der Waals surface area (Å²) in [6, 6.07) is 0.945. The molecule has 84 valence electrons. The first-order valence-electron chi connectivity index (χ1n) is 4.83. The van der Waals surface area contributed by atoms with Crippen LogP contribution >= 0.6 is 0 Å². The molecule has 1 aromatic heterocycles. The van der Waals surface area contributed by atoms with Gasteiger partial charge in [0.25, 0.3) is 0 Å². The van der Waals surface area contributed by atoms with Crippen molar-refractivity contribution in [1.82, 2.24) is 4.98 Å². The number of carboxylic acids is 1. The molecule has 2 heterocycles. The maximum Gasteiger partial charge on any atom is 0.326 e. The molecule has 0 aromatic carbocycles. The molecular weight excluding hydrogens is 210 g/mol. The van der Waals surface area contributed by atoms with Crippen molar-refractivity contribution >= 4 is 23.3 Å². The first-order valence-corrected chi connectivity index (χ1v) is 4.83. The molecule has 0 bridgehead atoms. The van der Waals surface area contributed by atoms with Crippen molar-refractivity contribution in [2.45, 2.75) is 13.0 Å². The Bertz CT molecular complexity index is 447. The Balaban J connectivity index is 2.41. The third-order valence-corrected chi connectivity index (χ3v) is 2.52. The largest absolute Gasteiger partial charge is 0.480 e. The topological polar surface area (TPSA) is 82.5 Å². The van der Waals surface area contributed by atoms with E-state index in [4.69, 9.17) is 5.11 Å². The highest BCUT2D eigenvalue weighted by Gasteiger charge is 2.29. The van der Waals surface area contributed by atoms with Gasteiger partial charge in [-0.3, -0.25) is 9.78 Å². The first-order chi connectivity index (χ1) is 7.59. The van der Waals surface area contributed by atoms with Crippen LogP contribution in [0, 0.1) is 0 Å². The molecule has 0 saturated carbocycles. The van der Waals surface area contributed by atoms with Gasteiger partial charge in [-0.05, 0) is 13.0 Å². The fourth-order valence-electron chi connectivity index (χ4n) is 1.64. The van der Waals surface area contributed by atoms with Gasteiger partial charge in [0.1, 0.15) is 6.04 Å². The summed E-state index contributed by atoms with van der Waals surface area (Å²) >= 11 is 0. The lowest BCUT2D eigenvalue weighted by atomic mass is 10.2. The van der Waals surface area contributed by atoms with E-state index in [0.29, 0.717) is 11.4 Å². The molecule has 0 saturated heterocycles. The molecule has 0 spiro atoms. The van der Waals surface area contributed by atoms with Gasteiger partial charge in [-0.2, -0.15) is 0 Å². The average molecular weight is 221 g/mol. The zero-order chi connectivity index (χ0) is 11.7. The van der Waals surface area contributed by atoms with E-state index in [9.17, 15) is 9.59 Å². The highest BCUT2D eigenvalue weighted by atomic mass is 16.4. The molecule has 6 heteroatoms. The second kappa shape index (κ2) is 3.80. The number of carbonyl (C=O) groups is 2. The predicted molar refractivity (Wildman–Crippen MR) is 57.3 cm³/mol. The number of aliphatic carboxylic acids is 1. The van der Waals surface area contributed by atoms with Crippen molar-refractivity contribution in [1.29, 1.82) is 0 Å². The summed E-state index contributed by atoms with van der Waals surface area (Å²) in [5.74, 6) is -1.19. The Kier molecular flexibility index (Phi) is 2.47. The maximum atomic E-state index is 11.4. The van der Waals surface area contributed by atoms with Gasteiger partial charge in [-0.25, -0.2) is 4.79 Å². The number of hydrogen-bond acceptors (Lipinski definition) is 4. The molecule has 2 rings (SSSR count). The Morgan fingerprint density at radius 1 is 1.69 bits per heavy atom. The van der Waals surface area contributed by atoms with Gasteiger partial charge in [0.15, 0.2) is 0 Å². The SMILES string of the molecule is CC(C(=O)O)N1CC(=O)Nc2cnccc21. The normalized spacial score (nSPS) is 16.3. The van der Waals surface area contributed by atoms with E-state index in [1.54, 1.807) is 19.2 Å². The number of pyridine rings is 1. The van der Waals surface area contributed by atoms with Crippen LogP contribution in [0.3, 0.4) is 0 Å². The van der Waals surface area contributed by atoms with E-state index >= 15 is 0 Å². The monoisotopic (exact) mass is 221 g/mol. The smallest absolute Gasteiger partial charge is 0.326 e. The summed E-state index contributed by atoms with van der Waals surface area (Å²) in [5.41, 5.74) is 1.23. The number of nitrogens with zero attached hydrogens (tertiary/aromatic N) is 2. The summed E-state index contributed by atoms with van der Waals surface area (Å²) in [6.45, 7) is 1.59. The number of carboxylic acid groups (broad SMARTS) is 1. The maximum absolute atomic E-state index is 11.4. The van der Waals surface area contributed by atoms with Crippen LogP contribution < -0.4 is 10.2 Å². The molecule has 1 aliphatic rings. The molecule has 1 aromatic rings. The molecule has 16 heavy (non-hydrogen) atoms. The fourth-order valence-corrected chi connectivity index (χ4v) is 1.64. The second-order valence-electron chi connectivity index (χ2n) is 3.58. The van der Waals surface area contributed by atoms with Gasteiger partial charge in [-0.15, -0.1) is 0 Å². The van der Waals surface area contributed by atoms with Crippen LogP contribution in [0.5, 0.6) is 0 Å². The van der Waals surface area contributed by atoms with Crippen molar-refractivity contribution in [2.75, 3.05) is 16.8 Å². The molecule has 6 nitrogen and oxygen atoms in total. The van der Waals surface area contributed by atoms with Gasteiger partial charge < -0.3 is 15.3 Å². The third kappa shape index (κ3) is 1.69. The zero-order valence-electron chi connectivity index (χ0n) is 8.67. The van der Waals surface area contributed by atoms with E-state index in [0.717, 1.165) is 0 Å². The van der Waals surface area contributed by atoms with Crippen LogP contribution in [-0.4, -0.2) is 34.6 Å². The predicted octanol–water partition coefficient (Wildman–Crippen LogP) is 0.313. The van der Waals surface area contributed by atoms with Crippen LogP contribution in [0.2, 0.25) is 0 Å². The third-order valence-electron chi connectivity index (χ3n) is 2.52. The number of aromatic nitrogens is 1. The molecule has 1 atom stereocenters. The minimum Gasteiger partial charge on any atom is -0.480 e. The zero-order valence-corrected chi connectivity index (χ0v) is 8.67. The second-order valence-corrected chi connectivity index (χ2v) is 3.58. The molecule has 2 N–H and O–H groups in total. The summed E-state index contributed by atoms with van der Waals surface area (Å²) < 4.78 is 0. The lowest BCUT2D eigenvalue weighted by Crippen LogP contribution is -2.46. The molecule has 1 aliphatic heterocycles. The van der Waals surface area contributed by atoms with E-state index in [-0.39, 0.29) is 12.5 Å². The molecule has 0 radical (unpaired) electrons. The van der Waals surface area contributed by atoms with Gasteiger partial charge in [-0.1, -0.05) is 0 Å². The van der Waals surface area contributed by atoms with E-state index in [1.165, 1.54) is 11.1 Å². The lowest BCUT2D eigenvalue weighted by molar-refractivity contribution is -0.138. The number of hydrogen-bond donors (Lipinski definition) is 2. The summed E-state index contributed by atoms with van der Waals surface area (Å²) in [5, 5.41) is 11.6. The van der Waals surface area contributed by atoms with E-state index < -0.39 is 12.0 Å². The van der Waals surface area contributed by atoms with Crippen molar-refractivity contribution < 1.29 is 14.7 Å². The highest BCUT2D eigenvalue weighted by Crippen LogP contribution is 2.29. The van der Waals surface area contributed by atoms with Crippen molar-refractivity contribution in [3.8, 4) is 0 Å². The van der Waals surface area contributed by atoms with Crippen LogP contribution in [0.4, 0.5) is 11.4 Å².